The van der Waals surface area contributed by atoms with Gasteiger partial charge >= 0.3 is 5.97 Å². The van der Waals surface area contributed by atoms with Gasteiger partial charge in [0.05, 0.1) is 12.0 Å². The van der Waals surface area contributed by atoms with Gasteiger partial charge in [-0.1, -0.05) is 136 Å². The second kappa shape index (κ2) is 23.6. The minimum absolute atomic E-state index is 0.407. The Morgan fingerprint density at radius 3 is 1.78 bits per heavy atom. The minimum atomic E-state index is -0.687. The molecule has 0 bridgehead atoms. The molecular weight excluding hydrogens is 604 g/mol. The van der Waals surface area contributed by atoms with Gasteiger partial charge in [-0.3, -0.25) is 4.79 Å². The molecule has 2 N–H and O–H groups in total. The quantitative estimate of drug-likeness (QED) is 0.0479. The standard InChI is InChI=1S/C44H70N2O3/c1-6-9-12-13-14-15-16-17-18-19-20-21-22-23-24-25-26-36(44(47)48)32-39-38-28-27-37(46(29-10-7-2)30-11-8-3)33-42(38)49-43-34-41(45-5)35(4)31-40(39)43/h27-28,31,33-34,36H,6-26,29-30,32H2,1-5H3,(H,47,48)/p+1. The Kier molecular flexibility index (Phi) is 19.5. The number of carboxylic acids is 1. The first-order valence-electron chi connectivity index (χ1n) is 20.4. The number of carbonyl (C=O) groups is 1. The third-order valence-electron chi connectivity index (χ3n) is 10.6. The summed E-state index contributed by atoms with van der Waals surface area (Å²) in [6.45, 7) is 10.9. The Balaban J connectivity index is 1.62. The molecule has 0 spiro atoms. The van der Waals surface area contributed by atoms with Crippen molar-refractivity contribution in [3.05, 3.63) is 46.8 Å². The van der Waals surface area contributed by atoms with E-state index in [1.807, 2.05) is 7.05 Å². The molecule has 0 saturated heterocycles. The summed E-state index contributed by atoms with van der Waals surface area (Å²) in [6, 6.07) is 10.8. The van der Waals surface area contributed by atoms with Crippen LogP contribution < -0.4 is 15.2 Å². The molecule has 0 amide bonds. The predicted molar refractivity (Wildman–Crippen MR) is 211 cm³/mol. The highest BCUT2D eigenvalue weighted by molar-refractivity contribution is 5.91. The zero-order chi connectivity index (χ0) is 35.3. The number of nitrogens with one attached hydrogen (secondary N) is 1. The van der Waals surface area contributed by atoms with E-state index in [9.17, 15) is 9.90 Å². The van der Waals surface area contributed by atoms with Gasteiger partial charge in [0.1, 0.15) is 24.4 Å². The molecule has 2 aliphatic rings. The summed E-state index contributed by atoms with van der Waals surface area (Å²) in [5.74, 6) is -0.251. The summed E-state index contributed by atoms with van der Waals surface area (Å²) < 4.78 is 9.09. The molecule has 1 aliphatic heterocycles. The van der Waals surface area contributed by atoms with Crippen LogP contribution in [0.4, 0.5) is 5.69 Å². The molecule has 1 aromatic rings. The molecule has 1 aromatic carbocycles. The van der Waals surface area contributed by atoms with Crippen molar-refractivity contribution in [3.8, 4) is 11.3 Å². The largest absolute Gasteiger partial charge is 0.481 e. The van der Waals surface area contributed by atoms with Crippen LogP contribution in [0.3, 0.4) is 0 Å². The Morgan fingerprint density at radius 1 is 0.735 bits per heavy atom. The van der Waals surface area contributed by atoms with Gasteiger partial charge in [-0.25, -0.2) is 4.58 Å². The number of aryl methyl sites for hydroxylation is 1. The number of anilines is 1. The van der Waals surface area contributed by atoms with E-state index in [4.69, 9.17) is 4.42 Å². The molecule has 1 atom stereocenters. The highest BCUT2D eigenvalue weighted by Gasteiger charge is 2.24. The zero-order valence-corrected chi connectivity index (χ0v) is 32.1. The molecule has 0 saturated carbocycles. The fraction of sp³-hybridized carbons (Fsp3) is 0.682. The highest BCUT2D eigenvalue weighted by Crippen LogP contribution is 2.37. The average molecular weight is 676 g/mol. The first-order valence-corrected chi connectivity index (χ1v) is 20.4. The van der Waals surface area contributed by atoms with Crippen molar-refractivity contribution in [1.29, 1.82) is 0 Å². The molecule has 5 nitrogen and oxygen atoms in total. The van der Waals surface area contributed by atoms with Crippen molar-refractivity contribution in [1.82, 2.24) is 4.58 Å². The lowest BCUT2D eigenvalue weighted by Crippen LogP contribution is -2.32. The molecule has 1 heterocycles. The lowest BCUT2D eigenvalue weighted by Gasteiger charge is -2.20. The third kappa shape index (κ3) is 13.8. The van der Waals surface area contributed by atoms with Crippen LogP contribution in [0.2, 0.25) is 0 Å². The van der Waals surface area contributed by atoms with E-state index < -0.39 is 11.9 Å². The molecule has 1 unspecified atom stereocenters. The van der Waals surface area contributed by atoms with E-state index in [2.05, 4.69) is 67.9 Å². The maximum atomic E-state index is 12.6. The fourth-order valence-corrected chi connectivity index (χ4v) is 7.37. The van der Waals surface area contributed by atoms with Crippen molar-refractivity contribution in [2.45, 2.75) is 169 Å². The van der Waals surface area contributed by atoms with Gasteiger partial charge in [-0.15, -0.1) is 0 Å². The summed E-state index contributed by atoms with van der Waals surface area (Å²) in [6.07, 6.45) is 27.1. The number of rotatable bonds is 27. The summed E-state index contributed by atoms with van der Waals surface area (Å²) in [5, 5.41) is 15.9. The van der Waals surface area contributed by atoms with E-state index in [1.165, 1.54) is 95.2 Å². The zero-order valence-electron chi connectivity index (χ0n) is 32.1. The summed E-state index contributed by atoms with van der Waals surface area (Å²) >= 11 is 0. The second-order valence-electron chi connectivity index (χ2n) is 14.7. The Morgan fingerprint density at radius 2 is 1.27 bits per heavy atom. The van der Waals surface area contributed by atoms with Crippen LogP contribution in [0.1, 0.15) is 167 Å². The Labute approximate surface area is 299 Å². The van der Waals surface area contributed by atoms with E-state index >= 15 is 0 Å². The van der Waals surface area contributed by atoms with Gasteiger partial charge in [0, 0.05) is 48.7 Å². The van der Waals surface area contributed by atoms with E-state index in [1.54, 1.807) is 0 Å². The second-order valence-corrected chi connectivity index (χ2v) is 14.7. The summed E-state index contributed by atoms with van der Waals surface area (Å²) in [4.78, 5) is 12.6. The van der Waals surface area contributed by atoms with Gasteiger partial charge in [0.15, 0.2) is 0 Å². The van der Waals surface area contributed by atoms with Crippen LogP contribution in [0.25, 0.3) is 22.3 Å². The number of nitrogens with zero attached hydrogens (tertiary/aromatic N) is 1. The summed E-state index contributed by atoms with van der Waals surface area (Å²) in [7, 11) is 1.94. The number of carboxylic acid groups (broad SMARTS) is 1. The lowest BCUT2D eigenvalue weighted by atomic mass is 9.88. The SMILES string of the molecule is CCCCCCCCCCCCCCCCCCC(Cc1c2ccc(=[N+](CCCC)CCCC)cc-2oc2cc(NC)c(C)cc12)C(=O)O. The number of unbranched alkanes of at least 4 members (excludes halogenated alkanes) is 17. The van der Waals surface area contributed by atoms with E-state index in [0.29, 0.717) is 6.42 Å². The average Bonchev–Trinajstić information content (AvgIpc) is 3.10. The van der Waals surface area contributed by atoms with Crippen LogP contribution in [0, 0.1) is 12.8 Å². The van der Waals surface area contributed by atoms with E-state index in [0.717, 1.165) is 97.1 Å². The van der Waals surface area contributed by atoms with Crippen molar-refractivity contribution < 1.29 is 14.3 Å². The predicted octanol–water partition coefficient (Wildman–Crippen LogP) is 12.2. The van der Waals surface area contributed by atoms with E-state index in [-0.39, 0.29) is 0 Å². The first-order chi connectivity index (χ1) is 23.9. The van der Waals surface area contributed by atoms with Gasteiger partial charge in [-0.2, -0.15) is 0 Å². The van der Waals surface area contributed by atoms with Crippen molar-refractivity contribution >= 4 is 22.6 Å². The molecule has 1 aliphatic carbocycles. The summed E-state index contributed by atoms with van der Waals surface area (Å²) in [5.41, 5.74) is 5.13. The maximum Gasteiger partial charge on any atom is 0.306 e. The molecule has 0 aromatic heterocycles. The van der Waals surface area contributed by atoms with Crippen LogP contribution in [-0.2, 0) is 11.2 Å². The smallest absolute Gasteiger partial charge is 0.306 e. The number of hydrogen-bond acceptors (Lipinski definition) is 3. The minimum Gasteiger partial charge on any atom is -0.481 e. The normalized spacial score (nSPS) is 12.2. The third-order valence-corrected chi connectivity index (χ3v) is 10.6. The molecule has 3 rings (SSSR count). The van der Waals surface area contributed by atoms with Gasteiger partial charge in [-0.05, 0) is 43.0 Å². The van der Waals surface area contributed by atoms with Crippen LogP contribution in [0.15, 0.2) is 34.7 Å². The lowest BCUT2D eigenvalue weighted by molar-refractivity contribution is -0.142. The van der Waals surface area contributed by atoms with Crippen LogP contribution in [-0.4, -0.2) is 31.2 Å². The van der Waals surface area contributed by atoms with Crippen LogP contribution >= 0.6 is 0 Å². The number of aliphatic carboxylic acids is 1. The molecule has 5 heteroatoms. The Bertz CT molecular complexity index is 1400. The number of hydrogen-bond donors (Lipinski definition) is 2. The molecular formula is C44H71N2O3+. The maximum absolute atomic E-state index is 12.6. The van der Waals surface area contributed by atoms with Gasteiger partial charge < -0.3 is 14.8 Å². The fourth-order valence-electron chi connectivity index (χ4n) is 7.37. The number of fused-ring (bicyclic) bond motifs is 2. The van der Waals surface area contributed by atoms with Gasteiger partial charge in [0.2, 0.25) is 5.36 Å². The van der Waals surface area contributed by atoms with Crippen molar-refractivity contribution in [3.63, 3.8) is 0 Å². The molecule has 0 fully saturated rings. The van der Waals surface area contributed by atoms with Crippen molar-refractivity contribution in [2.75, 3.05) is 25.5 Å². The van der Waals surface area contributed by atoms with Crippen molar-refractivity contribution in [2.24, 2.45) is 5.92 Å². The molecule has 49 heavy (non-hydrogen) atoms. The monoisotopic (exact) mass is 676 g/mol. The van der Waals surface area contributed by atoms with Crippen LogP contribution in [0.5, 0.6) is 0 Å². The Hall–Kier alpha value is -2.82. The van der Waals surface area contributed by atoms with Gasteiger partial charge in [0.25, 0.3) is 0 Å². The highest BCUT2D eigenvalue weighted by atomic mass is 16.4. The molecule has 0 radical (unpaired) electrons. The molecule has 274 valence electrons. The topological polar surface area (TPSA) is 65.5 Å². The first kappa shape index (κ1) is 40.6. The number of benzene rings is 2.